The van der Waals surface area contributed by atoms with Gasteiger partial charge in [0, 0.05) is 0 Å². The Bertz CT molecular complexity index is 1030. The fourth-order valence-corrected chi connectivity index (χ4v) is 4.69. The van der Waals surface area contributed by atoms with Gasteiger partial charge in [-0.15, -0.1) is 0 Å². The van der Waals surface area contributed by atoms with Crippen LogP contribution in [-0.4, -0.2) is 39.8 Å². The summed E-state index contributed by atoms with van der Waals surface area (Å²) in [4.78, 5) is 12.8. The molecule has 0 heterocycles. The SMILES string of the molecule is CCC(C(=O)NCCOc1ccc(C(C)(C)C)cc1)N(c1ccc(Cl)c(Cl)c1)S(C)(=O)=O. The number of nitrogens with zero attached hydrogens (tertiary/aromatic N) is 1. The van der Waals surface area contributed by atoms with E-state index in [2.05, 4.69) is 26.1 Å². The molecule has 6 nitrogen and oxygen atoms in total. The summed E-state index contributed by atoms with van der Waals surface area (Å²) in [6, 6.07) is 11.3. The van der Waals surface area contributed by atoms with Gasteiger partial charge in [-0.2, -0.15) is 0 Å². The van der Waals surface area contributed by atoms with Crippen molar-refractivity contribution >= 4 is 44.8 Å². The zero-order valence-corrected chi connectivity index (χ0v) is 21.3. The van der Waals surface area contributed by atoms with Crippen LogP contribution in [0.1, 0.15) is 39.7 Å². The van der Waals surface area contributed by atoms with E-state index in [1.54, 1.807) is 6.92 Å². The van der Waals surface area contributed by atoms with E-state index in [-0.39, 0.29) is 35.7 Å². The minimum Gasteiger partial charge on any atom is -0.492 e. The van der Waals surface area contributed by atoms with Crippen LogP contribution in [0.25, 0.3) is 0 Å². The molecule has 2 aromatic carbocycles. The molecule has 9 heteroatoms. The number of halogens is 2. The number of rotatable bonds is 9. The first-order valence-electron chi connectivity index (χ1n) is 10.3. The number of hydrogen-bond donors (Lipinski definition) is 1. The number of anilines is 1. The summed E-state index contributed by atoms with van der Waals surface area (Å²) in [5.74, 6) is 0.281. The molecule has 176 valence electrons. The topological polar surface area (TPSA) is 75.7 Å². The molecule has 0 spiro atoms. The Hall–Kier alpha value is -1.96. The first kappa shape index (κ1) is 26.3. The second-order valence-corrected chi connectivity index (χ2v) is 11.2. The summed E-state index contributed by atoms with van der Waals surface area (Å²) in [5.41, 5.74) is 1.53. The van der Waals surface area contributed by atoms with Crippen molar-refractivity contribution < 1.29 is 17.9 Å². The van der Waals surface area contributed by atoms with Gasteiger partial charge < -0.3 is 10.1 Å². The van der Waals surface area contributed by atoms with Gasteiger partial charge >= 0.3 is 0 Å². The van der Waals surface area contributed by atoms with E-state index < -0.39 is 22.0 Å². The van der Waals surface area contributed by atoms with Crippen molar-refractivity contribution in [2.24, 2.45) is 0 Å². The van der Waals surface area contributed by atoms with Crippen LogP contribution in [0.3, 0.4) is 0 Å². The summed E-state index contributed by atoms with van der Waals surface area (Å²) in [7, 11) is -3.75. The minimum atomic E-state index is -3.75. The molecule has 0 fully saturated rings. The van der Waals surface area contributed by atoms with Gasteiger partial charge in [0.15, 0.2) is 0 Å². The van der Waals surface area contributed by atoms with Gasteiger partial charge in [0.1, 0.15) is 18.4 Å². The van der Waals surface area contributed by atoms with Gasteiger partial charge in [-0.1, -0.05) is 63.0 Å². The summed E-state index contributed by atoms with van der Waals surface area (Å²) >= 11 is 12.0. The molecule has 0 bridgehead atoms. The molecule has 0 aliphatic rings. The lowest BCUT2D eigenvalue weighted by molar-refractivity contribution is -0.122. The molecule has 0 aromatic heterocycles. The zero-order chi connectivity index (χ0) is 24.1. The largest absolute Gasteiger partial charge is 0.492 e. The number of ether oxygens (including phenoxy) is 1. The molecule has 2 aromatic rings. The summed E-state index contributed by atoms with van der Waals surface area (Å²) in [5, 5.41) is 3.27. The zero-order valence-electron chi connectivity index (χ0n) is 19.0. The van der Waals surface area contributed by atoms with Gasteiger partial charge in [-0.05, 0) is 47.7 Å². The van der Waals surface area contributed by atoms with Crippen molar-refractivity contribution in [2.75, 3.05) is 23.7 Å². The average Bonchev–Trinajstić information content (AvgIpc) is 2.70. The quantitative estimate of drug-likeness (QED) is 0.489. The van der Waals surface area contributed by atoms with E-state index in [0.29, 0.717) is 10.8 Å². The van der Waals surface area contributed by atoms with Crippen molar-refractivity contribution in [2.45, 2.75) is 45.6 Å². The van der Waals surface area contributed by atoms with E-state index in [1.807, 2.05) is 24.3 Å². The second kappa shape index (κ2) is 10.8. The molecule has 1 amide bonds. The highest BCUT2D eigenvalue weighted by Gasteiger charge is 2.31. The molecule has 1 N–H and O–H groups in total. The third-order valence-corrected chi connectivity index (χ3v) is 6.80. The lowest BCUT2D eigenvalue weighted by atomic mass is 9.87. The predicted molar refractivity (Wildman–Crippen MR) is 132 cm³/mol. The number of benzene rings is 2. The first-order chi connectivity index (χ1) is 14.8. The Morgan fingerprint density at radius 1 is 1.09 bits per heavy atom. The van der Waals surface area contributed by atoms with Crippen LogP contribution in [0.5, 0.6) is 5.75 Å². The molecular weight excluding hydrogens is 471 g/mol. The van der Waals surface area contributed by atoms with Gasteiger partial charge in [-0.3, -0.25) is 9.10 Å². The lowest BCUT2D eigenvalue weighted by Gasteiger charge is -2.30. The highest BCUT2D eigenvalue weighted by molar-refractivity contribution is 7.92. The van der Waals surface area contributed by atoms with Crippen LogP contribution in [0.15, 0.2) is 42.5 Å². The molecule has 32 heavy (non-hydrogen) atoms. The van der Waals surface area contributed by atoms with Crippen molar-refractivity contribution in [3.05, 3.63) is 58.1 Å². The van der Waals surface area contributed by atoms with E-state index in [4.69, 9.17) is 27.9 Å². The monoisotopic (exact) mass is 500 g/mol. The molecule has 0 radical (unpaired) electrons. The Morgan fingerprint density at radius 3 is 2.22 bits per heavy atom. The third-order valence-electron chi connectivity index (χ3n) is 4.88. The lowest BCUT2D eigenvalue weighted by Crippen LogP contribution is -2.50. The van der Waals surface area contributed by atoms with Crippen LogP contribution in [0, 0.1) is 0 Å². The van der Waals surface area contributed by atoms with Gasteiger partial charge in [0.05, 0.1) is 28.5 Å². The van der Waals surface area contributed by atoms with Crippen LogP contribution in [-0.2, 0) is 20.2 Å². The fourth-order valence-electron chi connectivity index (χ4n) is 3.19. The summed E-state index contributed by atoms with van der Waals surface area (Å²) < 4.78 is 31.7. The Balaban J connectivity index is 2.03. The molecule has 0 saturated carbocycles. The van der Waals surface area contributed by atoms with Crippen molar-refractivity contribution in [3.63, 3.8) is 0 Å². The third kappa shape index (κ3) is 7.02. The van der Waals surface area contributed by atoms with E-state index >= 15 is 0 Å². The molecule has 0 aliphatic heterocycles. The molecular formula is C23H30Cl2N2O4S. The first-order valence-corrected chi connectivity index (χ1v) is 12.9. The summed E-state index contributed by atoms with van der Waals surface area (Å²) in [6.07, 6.45) is 1.32. The molecule has 1 unspecified atom stereocenters. The maximum absolute atomic E-state index is 12.8. The van der Waals surface area contributed by atoms with E-state index in [0.717, 1.165) is 10.6 Å². The van der Waals surface area contributed by atoms with E-state index in [1.165, 1.54) is 23.8 Å². The second-order valence-electron chi connectivity index (χ2n) is 8.50. The normalized spacial score (nSPS) is 12.8. The van der Waals surface area contributed by atoms with Gasteiger partial charge in [0.25, 0.3) is 0 Å². The molecule has 2 rings (SSSR count). The number of hydrogen-bond acceptors (Lipinski definition) is 4. The van der Waals surface area contributed by atoms with Crippen LogP contribution < -0.4 is 14.4 Å². The standard InChI is InChI=1S/C23H30Cl2N2O4S/c1-6-21(27(32(5,29)30)17-9-12-19(24)20(25)15-17)22(28)26-13-14-31-18-10-7-16(8-11-18)23(2,3)4/h7-12,15,21H,6,13-14H2,1-5H3,(H,26,28). The Labute approximate surface area is 200 Å². The highest BCUT2D eigenvalue weighted by atomic mass is 35.5. The molecule has 1 atom stereocenters. The molecule has 0 saturated heterocycles. The number of carbonyl (C=O) groups excluding carboxylic acids is 1. The fraction of sp³-hybridized carbons (Fsp3) is 0.435. The molecule has 0 aliphatic carbocycles. The van der Waals surface area contributed by atoms with Crippen LogP contribution in [0.2, 0.25) is 10.0 Å². The van der Waals surface area contributed by atoms with E-state index in [9.17, 15) is 13.2 Å². The maximum atomic E-state index is 12.8. The maximum Gasteiger partial charge on any atom is 0.244 e. The highest BCUT2D eigenvalue weighted by Crippen LogP contribution is 2.30. The Morgan fingerprint density at radius 2 is 1.72 bits per heavy atom. The minimum absolute atomic E-state index is 0.0570. The predicted octanol–water partition coefficient (Wildman–Crippen LogP) is 5.03. The van der Waals surface area contributed by atoms with Gasteiger partial charge in [0.2, 0.25) is 15.9 Å². The smallest absolute Gasteiger partial charge is 0.244 e. The number of carbonyl (C=O) groups is 1. The number of sulfonamides is 1. The van der Waals surface area contributed by atoms with Crippen molar-refractivity contribution in [3.8, 4) is 5.75 Å². The number of amides is 1. The van der Waals surface area contributed by atoms with Crippen LogP contribution in [0.4, 0.5) is 5.69 Å². The van der Waals surface area contributed by atoms with Gasteiger partial charge in [-0.25, -0.2) is 8.42 Å². The average molecular weight is 501 g/mol. The van der Waals surface area contributed by atoms with Crippen LogP contribution >= 0.6 is 23.2 Å². The Kier molecular flexibility index (Phi) is 8.85. The van der Waals surface area contributed by atoms with Crippen molar-refractivity contribution in [1.82, 2.24) is 5.32 Å². The summed E-state index contributed by atoms with van der Waals surface area (Å²) in [6.45, 7) is 8.65. The van der Waals surface area contributed by atoms with Crippen molar-refractivity contribution in [1.29, 1.82) is 0 Å². The number of nitrogens with one attached hydrogen (secondary N) is 1.